The van der Waals surface area contributed by atoms with E-state index in [-0.39, 0.29) is 5.83 Å². The Labute approximate surface area is 108 Å². The van der Waals surface area contributed by atoms with E-state index >= 15 is 0 Å². The average Bonchev–Trinajstić information content (AvgIpc) is 2.40. The maximum atomic E-state index is 12.7. The summed E-state index contributed by atoms with van der Waals surface area (Å²) in [5.41, 5.74) is 2.30. The highest BCUT2D eigenvalue weighted by Crippen LogP contribution is 2.12. The molecule has 18 heavy (non-hydrogen) atoms. The molecule has 1 aromatic heterocycles. The molecule has 2 nitrogen and oxygen atoms in total. The third kappa shape index (κ3) is 6.09. The summed E-state index contributed by atoms with van der Waals surface area (Å²) in [4.78, 5) is 14.5. The molecule has 0 bridgehead atoms. The van der Waals surface area contributed by atoms with Crippen molar-refractivity contribution >= 4 is 6.29 Å². The zero-order valence-electron chi connectivity index (χ0n) is 11.4. The first-order valence-electron chi connectivity index (χ1n) is 6.03. The second kappa shape index (κ2) is 9.28. The molecular formula is C15H20FNO. The van der Waals surface area contributed by atoms with Crippen LogP contribution in [0.3, 0.4) is 0 Å². The highest BCUT2D eigenvalue weighted by molar-refractivity contribution is 5.74. The van der Waals surface area contributed by atoms with E-state index in [0.717, 1.165) is 17.4 Å². The average molecular weight is 249 g/mol. The van der Waals surface area contributed by atoms with Gasteiger partial charge in [0.05, 0.1) is 5.83 Å². The van der Waals surface area contributed by atoms with E-state index in [9.17, 15) is 9.18 Å². The topological polar surface area (TPSA) is 30.0 Å². The van der Waals surface area contributed by atoms with Crippen LogP contribution in [-0.4, -0.2) is 11.3 Å². The molecule has 0 aliphatic heterocycles. The Kier molecular flexibility index (Phi) is 8.37. The number of hydrogen-bond donors (Lipinski definition) is 0. The van der Waals surface area contributed by atoms with Crippen LogP contribution < -0.4 is 0 Å². The van der Waals surface area contributed by atoms with Crippen molar-refractivity contribution in [3.05, 3.63) is 53.1 Å². The van der Waals surface area contributed by atoms with Gasteiger partial charge >= 0.3 is 0 Å². The third-order valence-electron chi connectivity index (χ3n) is 2.12. The number of hydrogen-bond acceptors (Lipinski definition) is 2. The summed E-state index contributed by atoms with van der Waals surface area (Å²) in [7, 11) is 0. The van der Waals surface area contributed by atoms with Crippen molar-refractivity contribution in [3.8, 4) is 0 Å². The minimum absolute atomic E-state index is 0.229. The van der Waals surface area contributed by atoms with E-state index in [1.165, 1.54) is 19.2 Å². The molecule has 0 spiro atoms. The second-order valence-corrected chi connectivity index (χ2v) is 3.52. The third-order valence-corrected chi connectivity index (χ3v) is 2.12. The fraction of sp³-hybridized carbons (Fsp3) is 0.333. The molecule has 0 saturated heterocycles. The molecule has 0 aliphatic rings. The van der Waals surface area contributed by atoms with Crippen LogP contribution in [0, 0.1) is 0 Å². The van der Waals surface area contributed by atoms with Crippen LogP contribution >= 0.6 is 0 Å². The van der Waals surface area contributed by atoms with Crippen molar-refractivity contribution < 1.29 is 9.18 Å². The van der Waals surface area contributed by atoms with Crippen molar-refractivity contribution in [1.29, 1.82) is 0 Å². The monoisotopic (exact) mass is 249 g/mol. The number of allylic oxidation sites excluding steroid dienone is 4. The molecule has 1 rings (SSSR count). The minimum atomic E-state index is -0.229. The standard InChI is InChI=1S/C13H14FNO.C2H6/c1-3-11(4-10(2)14)5-12-6-13(9-16)8-15-7-12;1-2/h3-4,6-9H,5H2,1-2H3;1-2H3/b10-4+,11-3+;. The molecule has 0 fully saturated rings. The predicted molar refractivity (Wildman–Crippen MR) is 73.3 cm³/mol. The van der Waals surface area contributed by atoms with E-state index in [2.05, 4.69) is 4.98 Å². The number of carbonyl (C=O) groups excluding carboxylic acids is 1. The summed E-state index contributed by atoms with van der Waals surface area (Å²) in [6.45, 7) is 7.26. The van der Waals surface area contributed by atoms with Crippen LogP contribution in [0.1, 0.15) is 43.6 Å². The van der Waals surface area contributed by atoms with Gasteiger partial charge in [-0.05, 0) is 43.5 Å². The van der Waals surface area contributed by atoms with E-state index in [4.69, 9.17) is 0 Å². The van der Waals surface area contributed by atoms with Crippen molar-refractivity contribution in [2.24, 2.45) is 0 Å². The van der Waals surface area contributed by atoms with E-state index < -0.39 is 0 Å². The Morgan fingerprint density at radius 1 is 1.39 bits per heavy atom. The number of rotatable bonds is 4. The first-order valence-corrected chi connectivity index (χ1v) is 6.03. The zero-order valence-corrected chi connectivity index (χ0v) is 11.4. The van der Waals surface area contributed by atoms with E-state index in [1.807, 2.05) is 26.8 Å². The summed E-state index contributed by atoms with van der Waals surface area (Å²) >= 11 is 0. The number of aldehydes is 1. The van der Waals surface area contributed by atoms with Gasteiger partial charge in [-0.25, -0.2) is 4.39 Å². The zero-order chi connectivity index (χ0) is 14.0. The van der Waals surface area contributed by atoms with Gasteiger partial charge in [0, 0.05) is 18.0 Å². The molecule has 0 N–H and O–H groups in total. The minimum Gasteiger partial charge on any atom is -0.298 e. The lowest BCUT2D eigenvalue weighted by Gasteiger charge is -2.02. The highest BCUT2D eigenvalue weighted by Gasteiger charge is 1.99. The SMILES string of the molecule is C/C=C(\C=C(/C)F)Cc1cncc(C=O)c1.CC. The molecule has 0 aromatic carbocycles. The van der Waals surface area contributed by atoms with Crippen LogP contribution in [-0.2, 0) is 6.42 Å². The fourth-order valence-electron chi connectivity index (χ4n) is 1.40. The summed E-state index contributed by atoms with van der Waals surface area (Å²) in [6, 6.07) is 1.75. The summed E-state index contributed by atoms with van der Waals surface area (Å²) < 4.78 is 12.7. The fourth-order valence-corrected chi connectivity index (χ4v) is 1.40. The number of carbonyl (C=O) groups is 1. The van der Waals surface area contributed by atoms with Crippen molar-refractivity contribution in [3.63, 3.8) is 0 Å². The largest absolute Gasteiger partial charge is 0.298 e. The quantitative estimate of drug-likeness (QED) is 0.588. The van der Waals surface area contributed by atoms with E-state index in [1.54, 1.807) is 12.3 Å². The molecular weight excluding hydrogens is 229 g/mol. The highest BCUT2D eigenvalue weighted by atomic mass is 19.1. The Bertz CT molecular complexity index is 432. The molecule has 0 aliphatic carbocycles. The van der Waals surface area contributed by atoms with Crippen LogP contribution in [0.15, 0.2) is 42.0 Å². The van der Waals surface area contributed by atoms with Gasteiger partial charge in [0.15, 0.2) is 6.29 Å². The molecule has 0 radical (unpaired) electrons. The lowest BCUT2D eigenvalue weighted by Crippen LogP contribution is -1.92. The van der Waals surface area contributed by atoms with Crippen molar-refractivity contribution in [2.45, 2.75) is 34.1 Å². The smallest absolute Gasteiger partial charge is 0.151 e. The van der Waals surface area contributed by atoms with Gasteiger partial charge in [0.1, 0.15) is 0 Å². The molecule has 1 aromatic rings. The van der Waals surface area contributed by atoms with Crippen molar-refractivity contribution in [1.82, 2.24) is 4.98 Å². The second-order valence-electron chi connectivity index (χ2n) is 3.52. The number of pyridine rings is 1. The van der Waals surface area contributed by atoms with Gasteiger partial charge in [-0.3, -0.25) is 9.78 Å². The first kappa shape index (κ1) is 16.2. The Balaban J connectivity index is 0.00000137. The lowest BCUT2D eigenvalue weighted by atomic mass is 10.0. The van der Waals surface area contributed by atoms with Gasteiger partial charge in [-0.2, -0.15) is 0 Å². The molecule has 0 atom stereocenters. The number of aromatic nitrogens is 1. The van der Waals surface area contributed by atoms with Crippen LogP contribution in [0.2, 0.25) is 0 Å². The Morgan fingerprint density at radius 3 is 2.56 bits per heavy atom. The Morgan fingerprint density at radius 2 is 2.06 bits per heavy atom. The van der Waals surface area contributed by atoms with Crippen LogP contribution in [0.4, 0.5) is 4.39 Å². The van der Waals surface area contributed by atoms with Gasteiger partial charge in [0.2, 0.25) is 0 Å². The summed E-state index contributed by atoms with van der Waals surface area (Å²) in [5.74, 6) is -0.229. The van der Waals surface area contributed by atoms with Crippen LogP contribution in [0.5, 0.6) is 0 Å². The summed E-state index contributed by atoms with van der Waals surface area (Å²) in [5, 5.41) is 0. The normalized spacial score (nSPS) is 11.6. The van der Waals surface area contributed by atoms with Crippen molar-refractivity contribution in [2.75, 3.05) is 0 Å². The van der Waals surface area contributed by atoms with Gasteiger partial charge in [0.25, 0.3) is 0 Å². The summed E-state index contributed by atoms with van der Waals surface area (Å²) in [6.07, 6.45) is 7.83. The molecule has 98 valence electrons. The maximum absolute atomic E-state index is 12.7. The predicted octanol–water partition coefficient (Wildman–Crippen LogP) is 4.28. The van der Waals surface area contributed by atoms with Gasteiger partial charge in [-0.15, -0.1) is 0 Å². The lowest BCUT2D eigenvalue weighted by molar-refractivity contribution is 0.112. The molecule has 1 heterocycles. The van der Waals surface area contributed by atoms with Gasteiger partial charge < -0.3 is 0 Å². The molecule has 0 unspecified atom stereocenters. The first-order chi connectivity index (χ1) is 8.65. The molecule has 3 heteroatoms. The molecule has 0 saturated carbocycles. The maximum Gasteiger partial charge on any atom is 0.151 e. The Hall–Kier alpha value is -1.77. The molecule has 0 amide bonds. The van der Waals surface area contributed by atoms with Crippen LogP contribution in [0.25, 0.3) is 0 Å². The van der Waals surface area contributed by atoms with E-state index in [0.29, 0.717) is 12.0 Å². The number of halogens is 1. The number of nitrogens with zero attached hydrogens (tertiary/aromatic N) is 1. The van der Waals surface area contributed by atoms with Gasteiger partial charge in [-0.1, -0.05) is 19.9 Å².